The summed E-state index contributed by atoms with van der Waals surface area (Å²) in [6, 6.07) is 20.4. The van der Waals surface area contributed by atoms with E-state index >= 15 is 0 Å². The van der Waals surface area contributed by atoms with E-state index < -0.39 is 0 Å². The number of fused-ring (bicyclic) bond motifs is 1. The first kappa shape index (κ1) is 15.5. The third kappa shape index (κ3) is 2.92. The van der Waals surface area contributed by atoms with Crippen LogP contribution in [0.4, 0.5) is 0 Å². The van der Waals surface area contributed by atoms with Gasteiger partial charge in [-0.05, 0) is 42.0 Å². The van der Waals surface area contributed by atoms with Crippen LogP contribution in [0.15, 0.2) is 66.7 Å². The molecule has 0 unspecified atom stereocenters. The van der Waals surface area contributed by atoms with Crippen molar-refractivity contribution in [3.8, 4) is 22.8 Å². The Morgan fingerprint density at radius 2 is 1.68 bits per heavy atom. The van der Waals surface area contributed by atoms with Gasteiger partial charge in [0.2, 0.25) is 0 Å². The van der Waals surface area contributed by atoms with Gasteiger partial charge in [-0.15, -0.1) is 0 Å². The van der Waals surface area contributed by atoms with Crippen molar-refractivity contribution in [1.29, 1.82) is 0 Å². The number of hydrogen-bond donors (Lipinski definition) is 2. The van der Waals surface area contributed by atoms with Crippen molar-refractivity contribution in [2.75, 3.05) is 0 Å². The molecule has 3 aromatic carbocycles. The number of nitrogens with zero attached hydrogens (tertiary/aromatic N) is 2. The lowest BCUT2D eigenvalue weighted by Gasteiger charge is -2.04. The SMILES string of the molecule is Oc1ccc(-c2nn(Cc3ccccc3)c3cc(Cl)ccc23)cc1O. The van der Waals surface area contributed by atoms with Crippen LogP contribution in [0.25, 0.3) is 22.2 Å². The minimum atomic E-state index is -0.169. The predicted molar refractivity (Wildman–Crippen MR) is 99.1 cm³/mol. The fourth-order valence-electron chi connectivity index (χ4n) is 2.91. The molecule has 0 radical (unpaired) electrons. The van der Waals surface area contributed by atoms with E-state index in [1.54, 1.807) is 6.07 Å². The quantitative estimate of drug-likeness (QED) is 0.521. The Bertz CT molecular complexity index is 1060. The Hall–Kier alpha value is -2.98. The van der Waals surface area contributed by atoms with Gasteiger partial charge in [0.05, 0.1) is 12.1 Å². The highest BCUT2D eigenvalue weighted by Crippen LogP contribution is 2.34. The molecule has 1 aromatic heterocycles. The second-order valence-corrected chi connectivity index (χ2v) is 6.29. The minimum Gasteiger partial charge on any atom is -0.504 e. The number of halogens is 1. The Kier molecular flexibility index (Phi) is 3.82. The summed E-state index contributed by atoms with van der Waals surface area (Å²) in [5.74, 6) is -0.322. The lowest BCUT2D eigenvalue weighted by Crippen LogP contribution is -2.01. The smallest absolute Gasteiger partial charge is 0.158 e. The van der Waals surface area contributed by atoms with Gasteiger partial charge >= 0.3 is 0 Å². The molecule has 25 heavy (non-hydrogen) atoms. The molecule has 0 bridgehead atoms. The zero-order valence-electron chi connectivity index (χ0n) is 13.2. The molecule has 0 aliphatic carbocycles. The van der Waals surface area contributed by atoms with Crippen LogP contribution in [0.2, 0.25) is 5.02 Å². The second kappa shape index (κ2) is 6.15. The molecule has 5 heteroatoms. The molecule has 4 nitrogen and oxygen atoms in total. The van der Waals surface area contributed by atoms with Crippen LogP contribution >= 0.6 is 11.6 Å². The first-order valence-electron chi connectivity index (χ1n) is 7.84. The van der Waals surface area contributed by atoms with Crippen LogP contribution in [0.1, 0.15) is 5.56 Å². The number of phenolic OH excluding ortho intramolecular Hbond substituents is 2. The zero-order valence-corrected chi connectivity index (χ0v) is 14.0. The van der Waals surface area contributed by atoms with E-state index in [1.165, 1.54) is 12.1 Å². The maximum absolute atomic E-state index is 9.81. The lowest BCUT2D eigenvalue weighted by atomic mass is 10.1. The molecule has 0 aliphatic rings. The zero-order chi connectivity index (χ0) is 17.4. The highest BCUT2D eigenvalue weighted by molar-refractivity contribution is 6.31. The molecule has 0 aliphatic heterocycles. The molecule has 4 aromatic rings. The van der Waals surface area contributed by atoms with Gasteiger partial charge in [-0.2, -0.15) is 5.10 Å². The van der Waals surface area contributed by atoms with E-state index in [2.05, 4.69) is 0 Å². The maximum atomic E-state index is 9.81. The number of rotatable bonds is 3. The van der Waals surface area contributed by atoms with E-state index in [1.807, 2.05) is 53.2 Å². The van der Waals surface area contributed by atoms with Crippen LogP contribution < -0.4 is 0 Å². The minimum absolute atomic E-state index is 0.153. The molecular formula is C20H15ClN2O2. The van der Waals surface area contributed by atoms with Gasteiger partial charge in [0.25, 0.3) is 0 Å². The van der Waals surface area contributed by atoms with Gasteiger partial charge < -0.3 is 10.2 Å². The molecular weight excluding hydrogens is 336 g/mol. The number of aromatic hydroxyl groups is 2. The molecule has 0 fully saturated rings. The van der Waals surface area contributed by atoms with Crippen LogP contribution in [0, 0.1) is 0 Å². The summed E-state index contributed by atoms with van der Waals surface area (Å²) in [7, 11) is 0. The summed E-state index contributed by atoms with van der Waals surface area (Å²) in [6.07, 6.45) is 0. The molecule has 0 saturated carbocycles. The molecule has 0 spiro atoms. The van der Waals surface area contributed by atoms with Gasteiger partial charge in [-0.3, -0.25) is 4.68 Å². The highest BCUT2D eigenvalue weighted by Gasteiger charge is 2.14. The standard InChI is InChI=1S/C20H15ClN2O2/c21-15-7-8-16-17(11-15)23(12-13-4-2-1-3-5-13)22-20(16)14-6-9-18(24)19(25)10-14/h1-11,24-25H,12H2. The van der Waals surface area contributed by atoms with Crippen molar-refractivity contribution in [2.45, 2.75) is 6.54 Å². The summed E-state index contributed by atoms with van der Waals surface area (Å²) in [4.78, 5) is 0. The summed E-state index contributed by atoms with van der Waals surface area (Å²) < 4.78 is 1.90. The third-order valence-corrected chi connectivity index (χ3v) is 4.37. The highest BCUT2D eigenvalue weighted by atomic mass is 35.5. The molecule has 1 heterocycles. The van der Waals surface area contributed by atoms with Gasteiger partial charge in [-0.25, -0.2) is 0 Å². The van der Waals surface area contributed by atoms with Gasteiger partial charge in [0.15, 0.2) is 11.5 Å². The normalized spacial score (nSPS) is 11.1. The first-order valence-corrected chi connectivity index (χ1v) is 8.22. The van der Waals surface area contributed by atoms with Crippen molar-refractivity contribution in [3.05, 3.63) is 77.3 Å². The number of phenols is 2. The summed E-state index contributed by atoms with van der Waals surface area (Å²) in [6.45, 7) is 0.613. The Labute approximate surface area is 149 Å². The van der Waals surface area contributed by atoms with Crippen molar-refractivity contribution < 1.29 is 10.2 Å². The van der Waals surface area contributed by atoms with E-state index in [0.717, 1.165) is 27.7 Å². The van der Waals surface area contributed by atoms with Crippen molar-refractivity contribution in [3.63, 3.8) is 0 Å². The van der Waals surface area contributed by atoms with E-state index in [0.29, 0.717) is 11.6 Å². The Morgan fingerprint density at radius 1 is 0.880 bits per heavy atom. The van der Waals surface area contributed by atoms with Gasteiger partial charge in [0, 0.05) is 16.0 Å². The molecule has 2 N–H and O–H groups in total. The topological polar surface area (TPSA) is 58.3 Å². The first-order chi connectivity index (χ1) is 12.1. The maximum Gasteiger partial charge on any atom is 0.158 e. The third-order valence-electron chi connectivity index (χ3n) is 4.14. The van der Waals surface area contributed by atoms with Crippen molar-refractivity contribution >= 4 is 22.5 Å². The number of hydrogen-bond acceptors (Lipinski definition) is 3. The fourth-order valence-corrected chi connectivity index (χ4v) is 3.07. The number of benzene rings is 3. The lowest BCUT2D eigenvalue weighted by molar-refractivity contribution is 0.404. The van der Waals surface area contributed by atoms with Gasteiger partial charge in [-0.1, -0.05) is 41.9 Å². The fraction of sp³-hybridized carbons (Fsp3) is 0.0500. The van der Waals surface area contributed by atoms with Crippen molar-refractivity contribution in [1.82, 2.24) is 9.78 Å². The van der Waals surface area contributed by atoms with Crippen molar-refractivity contribution in [2.24, 2.45) is 0 Å². The average Bonchev–Trinajstić information content (AvgIpc) is 2.96. The van der Waals surface area contributed by atoms with Crippen LogP contribution in [0.3, 0.4) is 0 Å². The molecule has 0 amide bonds. The van der Waals surface area contributed by atoms with Gasteiger partial charge in [0.1, 0.15) is 5.69 Å². The van der Waals surface area contributed by atoms with E-state index in [4.69, 9.17) is 16.7 Å². The van der Waals surface area contributed by atoms with Crippen LogP contribution in [-0.4, -0.2) is 20.0 Å². The largest absolute Gasteiger partial charge is 0.504 e. The van der Waals surface area contributed by atoms with E-state index in [-0.39, 0.29) is 11.5 Å². The summed E-state index contributed by atoms with van der Waals surface area (Å²) in [5, 5.41) is 25.7. The van der Waals surface area contributed by atoms with Crippen LogP contribution in [0.5, 0.6) is 11.5 Å². The Balaban J connectivity index is 1.89. The molecule has 0 saturated heterocycles. The summed E-state index contributed by atoms with van der Waals surface area (Å²) >= 11 is 6.18. The van der Waals surface area contributed by atoms with E-state index in [9.17, 15) is 10.2 Å². The molecule has 4 rings (SSSR count). The second-order valence-electron chi connectivity index (χ2n) is 5.86. The number of aromatic nitrogens is 2. The van der Waals surface area contributed by atoms with Crippen LogP contribution in [-0.2, 0) is 6.54 Å². The summed E-state index contributed by atoms with van der Waals surface area (Å²) in [5.41, 5.74) is 3.51. The predicted octanol–water partition coefficient (Wildman–Crippen LogP) is 4.82. The monoisotopic (exact) mass is 350 g/mol. The average molecular weight is 351 g/mol. The molecule has 124 valence electrons. The Morgan fingerprint density at radius 3 is 2.44 bits per heavy atom. The molecule has 0 atom stereocenters.